The van der Waals surface area contributed by atoms with E-state index in [-0.39, 0.29) is 0 Å². The Hall–Kier alpha value is -0.740. The first-order valence-electron chi connectivity index (χ1n) is 3.37. The van der Waals surface area contributed by atoms with E-state index in [0.717, 1.165) is 20.8 Å². The summed E-state index contributed by atoms with van der Waals surface area (Å²) >= 11 is 0. The van der Waals surface area contributed by atoms with Gasteiger partial charge in [0.2, 0.25) is 0 Å². The quantitative estimate of drug-likeness (QED) is 0.614. The van der Waals surface area contributed by atoms with Crippen molar-refractivity contribution >= 4 is 5.97 Å². The number of carbonyl (C=O) groups excluding carboxylic acids is 1. The minimum absolute atomic E-state index is 0.633. The van der Waals surface area contributed by atoms with Crippen molar-refractivity contribution in [2.24, 2.45) is 5.41 Å². The first-order chi connectivity index (χ1) is 5.17. The van der Waals surface area contributed by atoms with Crippen LogP contribution in [0.5, 0.6) is 0 Å². The fraction of sp³-hybridized carbons (Fsp3) is 0.857. The smallest absolute Gasteiger partial charge is 0.397 e. The van der Waals surface area contributed by atoms with E-state index in [2.05, 4.69) is 4.74 Å². The highest BCUT2D eigenvalue weighted by atomic mass is 19.4. The molecule has 0 fully saturated rings. The van der Waals surface area contributed by atoms with E-state index < -0.39 is 24.2 Å². The number of rotatable bonds is 2. The van der Waals surface area contributed by atoms with Crippen molar-refractivity contribution in [3.05, 3.63) is 0 Å². The van der Waals surface area contributed by atoms with Gasteiger partial charge in [-0.2, -0.15) is 13.2 Å². The highest BCUT2D eigenvalue weighted by molar-refractivity contribution is 5.65. The molecule has 0 unspecified atom stereocenters. The number of ether oxygens (including phenoxy) is 1. The molecule has 0 aromatic heterocycles. The molecule has 0 aromatic rings. The van der Waals surface area contributed by atoms with Gasteiger partial charge in [-0.3, -0.25) is 4.79 Å². The third-order valence-electron chi connectivity index (χ3n) is 1.40. The van der Waals surface area contributed by atoms with Gasteiger partial charge in [-0.15, -0.1) is 0 Å². The van der Waals surface area contributed by atoms with Gasteiger partial charge in [-0.05, 0) is 13.8 Å². The highest BCUT2D eigenvalue weighted by Crippen LogP contribution is 2.37. The lowest BCUT2D eigenvalue weighted by atomic mass is 9.94. The Bertz CT molecular complexity index is 172. The van der Waals surface area contributed by atoms with Crippen LogP contribution >= 0.6 is 0 Å². The second-order valence-electron chi connectivity index (χ2n) is 3.16. The van der Waals surface area contributed by atoms with Crippen molar-refractivity contribution in [3.63, 3.8) is 0 Å². The van der Waals surface area contributed by atoms with Gasteiger partial charge in [0.15, 0.2) is 0 Å². The van der Waals surface area contributed by atoms with Gasteiger partial charge in [-0.1, -0.05) is 0 Å². The van der Waals surface area contributed by atoms with E-state index in [9.17, 15) is 18.0 Å². The predicted molar refractivity (Wildman–Crippen MR) is 36.5 cm³/mol. The van der Waals surface area contributed by atoms with Gasteiger partial charge < -0.3 is 4.74 Å². The fourth-order valence-corrected chi connectivity index (χ4v) is 0.364. The Morgan fingerprint density at radius 1 is 1.33 bits per heavy atom. The van der Waals surface area contributed by atoms with Crippen molar-refractivity contribution in [1.29, 1.82) is 0 Å². The Morgan fingerprint density at radius 2 is 1.75 bits per heavy atom. The summed E-state index contributed by atoms with van der Waals surface area (Å²) in [5.41, 5.74) is -1.97. The number of carbonyl (C=O) groups is 1. The van der Waals surface area contributed by atoms with E-state index in [4.69, 9.17) is 0 Å². The molecule has 12 heavy (non-hydrogen) atoms. The fourth-order valence-electron chi connectivity index (χ4n) is 0.364. The first kappa shape index (κ1) is 11.3. The third-order valence-corrected chi connectivity index (χ3v) is 1.40. The molecular weight excluding hydrogens is 173 g/mol. The average Bonchev–Trinajstić information content (AvgIpc) is 1.81. The Morgan fingerprint density at radius 3 is 2.00 bits per heavy atom. The Balaban J connectivity index is 4.14. The number of hydrogen-bond donors (Lipinski definition) is 0. The van der Waals surface area contributed by atoms with Crippen LogP contribution in [0.2, 0.25) is 0 Å². The lowest BCUT2D eigenvalue weighted by molar-refractivity contribution is -0.225. The summed E-state index contributed by atoms with van der Waals surface area (Å²) in [7, 11) is 0. The zero-order valence-electron chi connectivity index (χ0n) is 7.16. The molecule has 0 aromatic carbocycles. The topological polar surface area (TPSA) is 26.3 Å². The van der Waals surface area contributed by atoms with E-state index >= 15 is 0 Å². The number of halogens is 3. The zero-order chi connectivity index (χ0) is 9.99. The SMILES string of the molecule is CC(=O)OCC(C)(C)C(F)(F)F. The number of esters is 1. The zero-order valence-corrected chi connectivity index (χ0v) is 7.16. The molecule has 0 radical (unpaired) electrons. The lowest BCUT2D eigenvalue weighted by Crippen LogP contribution is -2.37. The molecule has 0 atom stereocenters. The van der Waals surface area contributed by atoms with Crippen LogP contribution in [0.15, 0.2) is 0 Å². The average molecular weight is 184 g/mol. The van der Waals surface area contributed by atoms with Gasteiger partial charge in [0.25, 0.3) is 0 Å². The molecular formula is C7H11F3O2. The molecule has 72 valence electrons. The highest BCUT2D eigenvalue weighted by Gasteiger charge is 2.48. The van der Waals surface area contributed by atoms with Gasteiger partial charge in [0.1, 0.15) is 6.61 Å². The molecule has 0 amide bonds. The Labute approximate surface area is 68.7 Å². The molecule has 0 spiro atoms. The van der Waals surface area contributed by atoms with Gasteiger partial charge in [-0.25, -0.2) is 0 Å². The van der Waals surface area contributed by atoms with E-state index in [1.54, 1.807) is 0 Å². The number of hydrogen-bond acceptors (Lipinski definition) is 2. The molecule has 0 saturated heterocycles. The summed E-state index contributed by atoms with van der Waals surface area (Å²) in [6.07, 6.45) is -4.34. The second kappa shape index (κ2) is 3.33. The number of alkyl halides is 3. The standard InChI is InChI=1S/C7H11F3O2/c1-5(11)12-4-6(2,3)7(8,9)10/h4H2,1-3H3. The van der Waals surface area contributed by atoms with Crippen LogP contribution in [0.1, 0.15) is 20.8 Å². The van der Waals surface area contributed by atoms with Gasteiger partial charge in [0.05, 0.1) is 5.41 Å². The minimum Gasteiger partial charge on any atom is -0.465 e. The van der Waals surface area contributed by atoms with Crippen LogP contribution in [0.25, 0.3) is 0 Å². The van der Waals surface area contributed by atoms with Crippen molar-refractivity contribution in [2.75, 3.05) is 6.61 Å². The Kier molecular flexibility index (Phi) is 3.12. The van der Waals surface area contributed by atoms with Crippen LogP contribution < -0.4 is 0 Å². The summed E-state index contributed by atoms with van der Waals surface area (Å²) < 4.78 is 40.6. The molecule has 0 rings (SSSR count). The molecule has 0 bridgehead atoms. The third kappa shape index (κ3) is 3.11. The maximum atomic E-state index is 12.1. The molecule has 2 nitrogen and oxygen atoms in total. The van der Waals surface area contributed by atoms with E-state index in [0.29, 0.717) is 0 Å². The summed E-state index contributed by atoms with van der Waals surface area (Å²) in [4.78, 5) is 10.2. The predicted octanol–water partition coefficient (Wildman–Crippen LogP) is 2.14. The van der Waals surface area contributed by atoms with Crippen LogP contribution in [0.4, 0.5) is 13.2 Å². The van der Waals surface area contributed by atoms with Crippen molar-refractivity contribution in [1.82, 2.24) is 0 Å². The minimum atomic E-state index is -4.34. The molecule has 0 aliphatic heterocycles. The second-order valence-corrected chi connectivity index (χ2v) is 3.16. The normalized spacial score (nSPS) is 12.8. The molecule has 0 saturated carbocycles. The summed E-state index contributed by atoms with van der Waals surface area (Å²) in [6.45, 7) is 2.41. The van der Waals surface area contributed by atoms with Gasteiger partial charge in [0, 0.05) is 6.92 Å². The molecule has 0 aliphatic carbocycles. The van der Waals surface area contributed by atoms with Crippen LogP contribution in [-0.2, 0) is 9.53 Å². The molecule has 0 heterocycles. The van der Waals surface area contributed by atoms with Crippen LogP contribution in [-0.4, -0.2) is 18.8 Å². The molecule has 5 heteroatoms. The first-order valence-corrected chi connectivity index (χ1v) is 3.37. The molecule has 0 N–H and O–H groups in total. The van der Waals surface area contributed by atoms with Crippen molar-refractivity contribution in [2.45, 2.75) is 26.9 Å². The summed E-state index contributed by atoms with van der Waals surface area (Å²) in [6, 6.07) is 0. The maximum Gasteiger partial charge on any atom is 0.397 e. The monoisotopic (exact) mass is 184 g/mol. The summed E-state index contributed by atoms with van der Waals surface area (Å²) in [5.74, 6) is -0.702. The largest absolute Gasteiger partial charge is 0.465 e. The maximum absolute atomic E-state index is 12.1. The van der Waals surface area contributed by atoms with Crippen LogP contribution in [0, 0.1) is 5.41 Å². The van der Waals surface area contributed by atoms with Crippen molar-refractivity contribution < 1.29 is 22.7 Å². The lowest BCUT2D eigenvalue weighted by Gasteiger charge is -2.26. The van der Waals surface area contributed by atoms with Gasteiger partial charge >= 0.3 is 12.1 Å². The van der Waals surface area contributed by atoms with Crippen LogP contribution in [0.3, 0.4) is 0 Å². The van der Waals surface area contributed by atoms with Crippen molar-refractivity contribution in [3.8, 4) is 0 Å². The summed E-state index contributed by atoms with van der Waals surface area (Å²) in [5, 5.41) is 0. The van der Waals surface area contributed by atoms with E-state index in [1.165, 1.54) is 0 Å². The van der Waals surface area contributed by atoms with E-state index in [1.807, 2.05) is 0 Å². The molecule has 0 aliphatic rings.